The van der Waals surface area contributed by atoms with Crippen LogP contribution in [0.4, 0.5) is 17.3 Å². The van der Waals surface area contributed by atoms with Gasteiger partial charge < -0.3 is 25.0 Å². The highest BCUT2D eigenvalue weighted by Gasteiger charge is 2.16. The molecule has 7 heteroatoms. The van der Waals surface area contributed by atoms with Gasteiger partial charge in [-0.25, -0.2) is 9.97 Å². The molecule has 7 nitrogen and oxygen atoms in total. The second kappa shape index (κ2) is 8.71. The fraction of sp³-hybridized carbons (Fsp3) is 0.474. The van der Waals surface area contributed by atoms with Crippen molar-refractivity contribution < 1.29 is 9.47 Å². The molecule has 2 heterocycles. The molecule has 0 aliphatic carbocycles. The number of rotatable bonds is 7. The summed E-state index contributed by atoms with van der Waals surface area (Å²) in [5.74, 6) is 3.81. The molecule has 1 aliphatic rings. The second-order valence-electron chi connectivity index (χ2n) is 6.56. The van der Waals surface area contributed by atoms with Gasteiger partial charge in [-0.3, -0.25) is 0 Å². The Morgan fingerprint density at radius 2 is 1.77 bits per heavy atom. The van der Waals surface area contributed by atoms with E-state index in [0.717, 1.165) is 48.5 Å². The number of nitrogens with one attached hydrogen (secondary N) is 2. The molecule has 1 saturated heterocycles. The van der Waals surface area contributed by atoms with Gasteiger partial charge >= 0.3 is 0 Å². The van der Waals surface area contributed by atoms with Crippen LogP contribution in [-0.4, -0.2) is 50.9 Å². The van der Waals surface area contributed by atoms with Crippen molar-refractivity contribution >= 4 is 17.3 Å². The first-order chi connectivity index (χ1) is 12.7. The number of aromatic nitrogens is 2. The van der Waals surface area contributed by atoms with Crippen molar-refractivity contribution in [2.75, 3.05) is 51.1 Å². The van der Waals surface area contributed by atoms with Crippen LogP contribution in [0.1, 0.15) is 12.8 Å². The van der Waals surface area contributed by atoms with Crippen molar-refractivity contribution in [3.63, 3.8) is 0 Å². The molecule has 0 radical (unpaired) electrons. The molecule has 1 fully saturated rings. The molecular weight excluding hydrogens is 330 g/mol. The van der Waals surface area contributed by atoms with Gasteiger partial charge in [0.15, 0.2) is 0 Å². The molecule has 0 atom stereocenters. The minimum Gasteiger partial charge on any atom is -0.497 e. The first-order valence-electron chi connectivity index (χ1n) is 8.92. The summed E-state index contributed by atoms with van der Waals surface area (Å²) in [5.41, 5.74) is 0.854. The van der Waals surface area contributed by atoms with Gasteiger partial charge in [0.2, 0.25) is 0 Å². The first kappa shape index (κ1) is 18.3. The van der Waals surface area contributed by atoms with Gasteiger partial charge in [0, 0.05) is 43.5 Å². The van der Waals surface area contributed by atoms with Crippen molar-refractivity contribution in [1.82, 2.24) is 15.3 Å². The first-order valence-corrected chi connectivity index (χ1v) is 8.92. The van der Waals surface area contributed by atoms with Crippen molar-refractivity contribution in [1.29, 1.82) is 0 Å². The van der Waals surface area contributed by atoms with Gasteiger partial charge in [-0.15, -0.1) is 0 Å². The minimum atomic E-state index is 0.704. The van der Waals surface area contributed by atoms with E-state index in [1.54, 1.807) is 20.5 Å². The third kappa shape index (κ3) is 4.76. The zero-order chi connectivity index (χ0) is 18.4. The molecule has 2 N–H and O–H groups in total. The highest BCUT2D eigenvalue weighted by molar-refractivity contribution is 5.63. The van der Waals surface area contributed by atoms with E-state index < -0.39 is 0 Å². The van der Waals surface area contributed by atoms with Crippen LogP contribution in [0.15, 0.2) is 30.6 Å². The summed E-state index contributed by atoms with van der Waals surface area (Å²) >= 11 is 0. The highest BCUT2D eigenvalue weighted by atomic mass is 16.5. The number of ether oxygens (including phenoxy) is 2. The van der Waals surface area contributed by atoms with Crippen molar-refractivity contribution in [2.24, 2.45) is 5.92 Å². The van der Waals surface area contributed by atoms with E-state index in [1.807, 2.05) is 24.3 Å². The van der Waals surface area contributed by atoms with Crippen LogP contribution in [0.5, 0.6) is 11.5 Å². The van der Waals surface area contributed by atoms with E-state index >= 15 is 0 Å². The lowest BCUT2D eigenvalue weighted by Gasteiger charge is -2.28. The number of hydrogen-bond donors (Lipinski definition) is 2. The lowest BCUT2D eigenvalue weighted by molar-refractivity contribution is 0.377. The molecular formula is C19H27N5O2. The maximum Gasteiger partial charge on any atom is 0.135 e. The average molecular weight is 357 g/mol. The van der Waals surface area contributed by atoms with Crippen LogP contribution in [0.25, 0.3) is 0 Å². The number of nitrogens with zero attached hydrogens (tertiary/aromatic N) is 3. The van der Waals surface area contributed by atoms with Crippen molar-refractivity contribution in [3.8, 4) is 11.5 Å². The summed E-state index contributed by atoms with van der Waals surface area (Å²) in [6.45, 7) is 3.21. The SMILES string of the molecule is COc1cc(Nc2cc(N(C)CC3CCNCC3)ncn2)cc(OC)c1. The fourth-order valence-electron chi connectivity index (χ4n) is 3.20. The van der Waals surface area contributed by atoms with E-state index in [4.69, 9.17) is 9.47 Å². The fourth-order valence-corrected chi connectivity index (χ4v) is 3.20. The van der Waals surface area contributed by atoms with Crippen LogP contribution in [0.2, 0.25) is 0 Å². The third-order valence-electron chi connectivity index (χ3n) is 4.66. The number of anilines is 3. The summed E-state index contributed by atoms with van der Waals surface area (Å²) in [6, 6.07) is 7.61. The molecule has 0 amide bonds. The molecule has 26 heavy (non-hydrogen) atoms. The Bertz CT molecular complexity index is 697. The molecule has 140 valence electrons. The maximum absolute atomic E-state index is 5.32. The molecule has 1 aromatic carbocycles. The van der Waals surface area contributed by atoms with E-state index in [1.165, 1.54) is 12.8 Å². The zero-order valence-electron chi connectivity index (χ0n) is 15.7. The largest absolute Gasteiger partial charge is 0.497 e. The van der Waals surface area contributed by atoms with E-state index in [-0.39, 0.29) is 0 Å². The Morgan fingerprint density at radius 1 is 1.08 bits per heavy atom. The summed E-state index contributed by atoms with van der Waals surface area (Å²) in [5, 5.41) is 6.71. The smallest absolute Gasteiger partial charge is 0.135 e. The molecule has 0 bridgehead atoms. The molecule has 2 aromatic rings. The Hall–Kier alpha value is -2.54. The van der Waals surface area contributed by atoms with Crippen molar-refractivity contribution in [2.45, 2.75) is 12.8 Å². The van der Waals surface area contributed by atoms with Gasteiger partial charge in [-0.2, -0.15) is 0 Å². The van der Waals surface area contributed by atoms with Crippen LogP contribution >= 0.6 is 0 Å². The predicted octanol–water partition coefficient (Wildman–Crippen LogP) is 2.67. The van der Waals surface area contributed by atoms with E-state index in [0.29, 0.717) is 5.92 Å². The second-order valence-corrected chi connectivity index (χ2v) is 6.56. The molecule has 1 aliphatic heterocycles. The Kier molecular flexibility index (Phi) is 6.12. The zero-order valence-corrected chi connectivity index (χ0v) is 15.7. The van der Waals surface area contributed by atoms with Gasteiger partial charge in [-0.1, -0.05) is 0 Å². The van der Waals surface area contributed by atoms with E-state index in [2.05, 4.69) is 32.5 Å². The minimum absolute atomic E-state index is 0.704. The lowest BCUT2D eigenvalue weighted by atomic mass is 9.98. The lowest BCUT2D eigenvalue weighted by Crippen LogP contribution is -2.34. The predicted molar refractivity (Wildman–Crippen MR) is 104 cm³/mol. The van der Waals surface area contributed by atoms with Crippen LogP contribution in [0, 0.1) is 5.92 Å². The topological polar surface area (TPSA) is 71.5 Å². The summed E-state index contributed by atoms with van der Waals surface area (Å²) in [7, 11) is 5.36. The molecule has 1 aromatic heterocycles. The highest BCUT2D eigenvalue weighted by Crippen LogP contribution is 2.28. The van der Waals surface area contributed by atoms with Crippen LogP contribution in [0.3, 0.4) is 0 Å². The molecule has 0 spiro atoms. The Labute approximate surface area is 154 Å². The quantitative estimate of drug-likeness (QED) is 0.789. The number of benzene rings is 1. The Balaban J connectivity index is 1.70. The van der Waals surface area contributed by atoms with Crippen molar-refractivity contribution in [3.05, 3.63) is 30.6 Å². The number of hydrogen-bond acceptors (Lipinski definition) is 7. The van der Waals surface area contributed by atoms with Gasteiger partial charge in [0.05, 0.1) is 14.2 Å². The van der Waals surface area contributed by atoms with Gasteiger partial charge in [-0.05, 0) is 31.8 Å². The number of methoxy groups -OCH3 is 2. The van der Waals surface area contributed by atoms with Crippen LogP contribution < -0.4 is 25.0 Å². The maximum atomic E-state index is 5.32. The molecule has 0 unspecified atom stereocenters. The standard InChI is InChI=1S/C19H27N5O2/c1-24(12-14-4-6-20-7-5-14)19-11-18(21-13-22-19)23-15-8-16(25-2)10-17(9-15)26-3/h8-11,13-14,20H,4-7,12H2,1-3H3,(H,21,22,23). The van der Waals surface area contributed by atoms with Gasteiger partial charge in [0.25, 0.3) is 0 Å². The monoisotopic (exact) mass is 357 g/mol. The van der Waals surface area contributed by atoms with Crippen LogP contribution in [-0.2, 0) is 0 Å². The third-order valence-corrected chi connectivity index (χ3v) is 4.66. The number of piperidine rings is 1. The molecule has 0 saturated carbocycles. The van der Waals surface area contributed by atoms with E-state index in [9.17, 15) is 0 Å². The summed E-state index contributed by atoms with van der Waals surface area (Å²) in [4.78, 5) is 11.0. The average Bonchev–Trinajstić information content (AvgIpc) is 2.68. The molecule has 3 rings (SSSR count). The normalized spacial score (nSPS) is 14.7. The Morgan fingerprint density at radius 3 is 2.42 bits per heavy atom. The summed E-state index contributed by atoms with van der Waals surface area (Å²) < 4.78 is 10.6. The van der Waals surface area contributed by atoms with Gasteiger partial charge in [0.1, 0.15) is 29.5 Å². The summed E-state index contributed by atoms with van der Waals surface area (Å²) in [6.07, 6.45) is 4.02.